The highest BCUT2D eigenvalue weighted by Gasteiger charge is 2.05. The van der Waals surface area contributed by atoms with Crippen LogP contribution in [0.1, 0.15) is 10.4 Å². The number of nitrogens with zero attached hydrogens (tertiary/aromatic N) is 1. The van der Waals surface area contributed by atoms with E-state index in [-0.39, 0.29) is 5.97 Å². The molecule has 0 unspecified atom stereocenters. The average molecular weight is 213 g/mol. The summed E-state index contributed by atoms with van der Waals surface area (Å²) in [6.45, 7) is 0. The maximum Gasteiger partial charge on any atom is 0.337 e. The molecule has 16 heavy (non-hydrogen) atoms. The third kappa shape index (κ3) is 2.08. The number of methoxy groups -OCH3 is 1. The summed E-state index contributed by atoms with van der Waals surface area (Å²) in [6, 6.07) is 12.9. The number of hydrogen-bond acceptors (Lipinski definition) is 3. The van der Waals surface area contributed by atoms with Gasteiger partial charge in [-0.2, -0.15) is 0 Å². The molecule has 0 N–H and O–H groups in total. The molecule has 0 atom stereocenters. The molecule has 0 aliphatic carbocycles. The van der Waals surface area contributed by atoms with Gasteiger partial charge in [0.15, 0.2) is 0 Å². The van der Waals surface area contributed by atoms with Gasteiger partial charge >= 0.3 is 5.97 Å². The van der Waals surface area contributed by atoms with E-state index < -0.39 is 0 Å². The maximum absolute atomic E-state index is 11.2. The summed E-state index contributed by atoms with van der Waals surface area (Å²) in [4.78, 5) is 15.5. The van der Waals surface area contributed by atoms with Crippen molar-refractivity contribution in [2.75, 3.05) is 7.11 Å². The van der Waals surface area contributed by atoms with Gasteiger partial charge in [0.1, 0.15) is 0 Å². The Bertz CT molecular complexity index is 477. The number of pyridine rings is 1. The molecule has 0 amide bonds. The molecule has 1 heterocycles. The largest absolute Gasteiger partial charge is 0.465 e. The number of benzene rings is 1. The lowest BCUT2D eigenvalue weighted by atomic mass is 10.1. The molecule has 0 fully saturated rings. The highest BCUT2D eigenvalue weighted by atomic mass is 16.5. The van der Waals surface area contributed by atoms with Crippen molar-refractivity contribution in [2.24, 2.45) is 0 Å². The fraction of sp³-hybridized carbons (Fsp3) is 0.0769. The first kappa shape index (κ1) is 10.4. The molecule has 0 spiro atoms. The SMILES string of the molecule is COC(=O)c1ccc(-c2ccccn2)cc1. The predicted molar refractivity (Wildman–Crippen MR) is 61.0 cm³/mol. The van der Waals surface area contributed by atoms with Crippen molar-refractivity contribution in [2.45, 2.75) is 0 Å². The van der Waals surface area contributed by atoms with Crippen LogP contribution in [-0.4, -0.2) is 18.1 Å². The predicted octanol–water partition coefficient (Wildman–Crippen LogP) is 2.54. The van der Waals surface area contributed by atoms with E-state index in [4.69, 9.17) is 0 Å². The lowest BCUT2D eigenvalue weighted by molar-refractivity contribution is 0.0601. The number of hydrogen-bond donors (Lipinski definition) is 0. The summed E-state index contributed by atoms with van der Waals surface area (Å²) >= 11 is 0. The van der Waals surface area contributed by atoms with Crippen LogP contribution < -0.4 is 0 Å². The molecule has 1 aromatic heterocycles. The Labute approximate surface area is 93.7 Å². The highest BCUT2D eigenvalue weighted by Crippen LogP contribution is 2.16. The normalized spacial score (nSPS) is 9.81. The molecule has 80 valence electrons. The van der Waals surface area contributed by atoms with Gasteiger partial charge in [-0.1, -0.05) is 18.2 Å². The van der Waals surface area contributed by atoms with Crippen molar-refractivity contribution < 1.29 is 9.53 Å². The van der Waals surface area contributed by atoms with Crippen molar-refractivity contribution in [1.29, 1.82) is 0 Å². The van der Waals surface area contributed by atoms with E-state index in [1.165, 1.54) is 7.11 Å². The summed E-state index contributed by atoms with van der Waals surface area (Å²) in [7, 11) is 1.37. The van der Waals surface area contributed by atoms with Gasteiger partial charge in [-0.3, -0.25) is 4.98 Å². The van der Waals surface area contributed by atoms with Crippen molar-refractivity contribution in [3.8, 4) is 11.3 Å². The Morgan fingerprint density at radius 2 is 1.88 bits per heavy atom. The molecule has 2 rings (SSSR count). The van der Waals surface area contributed by atoms with Crippen LogP contribution in [0, 0.1) is 0 Å². The lowest BCUT2D eigenvalue weighted by Gasteiger charge is -2.02. The smallest absolute Gasteiger partial charge is 0.337 e. The molecular formula is C13H11NO2. The molecule has 2 aromatic rings. The summed E-state index contributed by atoms with van der Waals surface area (Å²) in [5.41, 5.74) is 2.41. The molecule has 3 heteroatoms. The second kappa shape index (κ2) is 4.57. The number of aromatic nitrogens is 1. The van der Waals surface area contributed by atoms with Crippen LogP contribution in [0.3, 0.4) is 0 Å². The van der Waals surface area contributed by atoms with Crippen LogP contribution in [0.25, 0.3) is 11.3 Å². The van der Waals surface area contributed by atoms with E-state index in [0.29, 0.717) is 5.56 Å². The summed E-state index contributed by atoms with van der Waals surface area (Å²) in [6.07, 6.45) is 1.74. The average Bonchev–Trinajstić information content (AvgIpc) is 2.39. The molecular weight excluding hydrogens is 202 g/mol. The number of ether oxygens (including phenoxy) is 1. The minimum atomic E-state index is -0.326. The lowest BCUT2D eigenvalue weighted by Crippen LogP contribution is -2.00. The topological polar surface area (TPSA) is 39.2 Å². The van der Waals surface area contributed by atoms with E-state index in [1.54, 1.807) is 18.3 Å². The third-order valence-corrected chi connectivity index (χ3v) is 2.27. The first-order valence-corrected chi connectivity index (χ1v) is 4.91. The van der Waals surface area contributed by atoms with Gasteiger partial charge in [-0.25, -0.2) is 4.79 Å². The molecule has 0 aliphatic rings. The molecule has 1 aromatic carbocycles. The highest BCUT2D eigenvalue weighted by molar-refractivity contribution is 5.89. The van der Waals surface area contributed by atoms with Gasteiger partial charge in [0.2, 0.25) is 0 Å². The van der Waals surface area contributed by atoms with Crippen LogP contribution in [-0.2, 0) is 4.74 Å². The summed E-state index contributed by atoms with van der Waals surface area (Å²) in [5.74, 6) is -0.326. The Balaban J connectivity index is 2.30. The maximum atomic E-state index is 11.2. The van der Waals surface area contributed by atoms with E-state index in [0.717, 1.165) is 11.3 Å². The second-order valence-corrected chi connectivity index (χ2v) is 3.28. The van der Waals surface area contributed by atoms with E-state index in [1.807, 2.05) is 30.3 Å². The zero-order chi connectivity index (χ0) is 11.4. The molecule has 0 radical (unpaired) electrons. The van der Waals surface area contributed by atoms with Crippen molar-refractivity contribution in [3.63, 3.8) is 0 Å². The van der Waals surface area contributed by atoms with Crippen LogP contribution >= 0.6 is 0 Å². The summed E-state index contributed by atoms with van der Waals surface area (Å²) < 4.78 is 4.63. The Morgan fingerprint density at radius 1 is 1.12 bits per heavy atom. The zero-order valence-corrected chi connectivity index (χ0v) is 8.88. The second-order valence-electron chi connectivity index (χ2n) is 3.28. The Hall–Kier alpha value is -2.16. The molecule has 0 bridgehead atoms. The van der Waals surface area contributed by atoms with Gasteiger partial charge in [-0.05, 0) is 24.3 Å². The third-order valence-electron chi connectivity index (χ3n) is 2.27. The van der Waals surface area contributed by atoms with Gasteiger partial charge in [-0.15, -0.1) is 0 Å². The molecule has 3 nitrogen and oxygen atoms in total. The quantitative estimate of drug-likeness (QED) is 0.719. The van der Waals surface area contributed by atoms with Crippen LogP contribution in [0.2, 0.25) is 0 Å². The van der Waals surface area contributed by atoms with Gasteiger partial charge in [0.05, 0.1) is 18.4 Å². The van der Waals surface area contributed by atoms with Crippen LogP contribution in [0.4, 0.5) is 0 Å². The Morgan fingerprint density at radius 3 is 2.44 bits per heavy atom. The fourth-order valence-corrected chi connectivity index (χ4v) is 1.43. The minimum Gasteiger partial charge on any atom is -0.465 e. The van der Waals surface area contributed by atoms with Crippen molar-refractivity contribution in [1.82, 2.24) is 4.98 Å². The molecule has 0 aliphatic heterocycles. The minimum absolute atomic E-state index is 0.326. The number of rotatable bonds is 2. The van der Waals surface area contributed by atoms with Crippen LogP contribution in [0.5, 0.6) is 0 Å². The molecule has 0 saturated heterocycles. The number of carbonyl (C=O) groups is 1. The standard InChI is InChI=1S/C13H11NO2/c1-16-13(15)11-7-5-10(6-8-11)12-4-2-3-9-14-12/h2-9H,1H3. The van der Waals surface area contributed by atoms with E-state index in [9.17, 15) is 4.79 Å². The zero-order valence-electron chi connectivity index (χ0n) is 8.88. The van der Waals surface area contributed by atoms with Crippen LogP contribution in [0.15, 0.2) is 48.7 Å². The van der Waals surface area contributed by atoms with Gasteiger partial charge < -0.3 is 4.74 Å². The molecule has 0 saturated carbocycles. The number of esters is 1. The van der Waals surface area contributed by atoms with E-state index in [2.05, 4.69) is 9.72 Å². The monoisotopic (exact) mass is 213 g/mol. The van der Waals surface area contributed by atoms with Gasteiger partial charge in [0.25, 0.3) is 0 Å². The Kier molecular flexibility index (Phi) is 2.96. The fourth-order valence-electron chi connectivity index (χ4n) is 1.43. The van der Waals surface area contributed by atoms with Crippen molar-refractivity contribution >= 4 is 5.97 Å². The number of carbonyl (C=O) groups excluding carboxylic acids is 1. The van der Waals surface area contributed by atoms with Crippen molar-refractivity contribution in [3.05, 3.63) is 54.2 Å². The first-order chi connectivity index (χ1) is 7.81. The van der Waals surface area contributed by atoms with E-state index >= 15 is 0 Å². The first-order valence-electron chi connectivity index (χ1n) is 4.91. The van der Waals surface area contributed by atoms with Gasteiger partial charge in [0, 0.05) is 11.8 Å². The summed E-state index contributed by atoms with van der Waals surface area (Å²) in [5, 5.41) is 0.